The maximum Gasteiger partial charge on any atom is 0.338 e. The summed E-state index contributed by atoms with van der Waals surface area (Å²) < 4.78 is 12.1. The molecule has 0 saturated carbocycles. The highest BCUT2D eigenvalue weighted by Crippen LogP contribution is 2.31. The summed E-state index contributed by atoms with van der Waals surface area (Å²) in [5.41, 5.74) is 2.36. The molecule has 10 heteroatoms. The third-order valence-electron chi connectivity index (χ3n) is 4.59. The maximum absolute atomic E-state index is 12.7. The van der Waals surface area contributed by atoms with Crippen molar-refractivity contribution in [2.24, 2.45) is 0 Å². The maximum atomic E-state index is 12.7. The van der Waals surface area contributed by atoms with E-state index in [-0.39, 0.29) is 17.9 Å². The quantitative estimate of drug-likeness (QED) is 0.294. The number of urea groups is 1. The molecule has 0 aliphatic carbocycles. The first kappa shape index (κ1) is 20.6. The van der Waals surface area contributed by atoms with Crippen molar-refractivity contribution in [2.45, 2.75) is 18.1 Å². The number of hydrogen-bond acceptors (Lipinski definition) is 7. The molecule has 1 aliphatic heterocycles. The number of nitrogens with one attached hydrogen (secondary N) is 2. The monoisotopic (exact) mass is 439 g/mol. The fourth-order valence-corrected chi connectivity index (χ4v) is 4.08. The number of benzene rings is 1. The minimum Gasteiger partial charge on any atom is -0.467 e. The van der Waals surface area contributed by atoms with Gasteiger partial charge in [-0.05, 0) is 19.1 Å². The zero-order valence-electron chi connectivity index (χ0n) is 16.7. The number of furan rings is 1. The molecule has 2 amide bonds. The van der Waals surface area contributed by atoms with E-state index < -0.39 is 18.0 Å². The number of nitrogens with two attached hydrogens (primary N) is 1. The Hall–Kier alpha value is -3.66. The summed E-state index contributed by atoms with van der Waals surface area (Å²) in [4.78, 5) is 29.6. The number of carbonyl (C=O) groups is 2. The summed E-state index contributed by atoms with van der Waals surface area (Å²) in [6.07, 6.45) is 3.21. The molecular formula is C21H21N5O4S. The number of carbonyl (C=O) groups excluding carboxylic acids is 2. The Labute approximate surface area is 182 Å². The molecule has 0 bridgehead atoms. The first-order valence-electron chi connectivity index (χ1n) is 9.60. The summed E-state index contributed by atoms with van der Waals surface area (Å²) in [7, 11) is 0. The van der Waals surface area contributed by atoms with E-state index in [0.717, 1.165) is 11.3 Å². The second-order valence-electron chi connectivity index (χ2n) is 6.63. The van der Waals surface area contributed by atoms with Crippen LogP contribution < -0.4 is 16.5 Å². The molecule has 1 atom stereocenters. The summed E-state index contributed by atoms with van der Waals surface area (Å²) >= 11 is 1.30. The summed E-state index contributed by atoms with van der Waals surface area (Å²) in [6.45, 7) is 1.93. The molecule has 31 heavy (non-hydrogen) atoms. The molecule has 4 N–H and O–H groups in total. The van der Waals surface area contributed by atoms with Gasteiger partial charge >= 0.3 is 12.0 Å². The molecule has 1 aliphatic rings. The topological polar surface area (TPSA) is 124 Å². The summed E-state index contributed by atoms with van der Waals surface area (Å²) in [6, 6.07) is 11.9. The van der Waals surface area contributed by atoms with Gasteiger partial charge in [-0.3, -0.25) is 0 Å². The Bertz CT molecular complexity index is 1110. The molecule has 9 nitrogen and oxygen atoms in total. The molecule has 2 aromatic heterocycles. The molecule has 0 fully saturated rings. The molecule has 0 radical (unpaired) electrons. The second kappa shape index (κ2) is 9.00. The highest BCUT2D eigenvalue weighted by Gasteiger charge is 2.35. The highest BCUT2D eigenvalue weighted by atomic mass is 32.2. The number of esters is 1. The van der Waals surface area contributed by atoms with Crippen molar-refractivity contribution < 1.29 is 18.7 Å². The molecule has 160 valence electrons. The van der Waals surface area contributed by atoms with Crippen LogP contribution in [0.15, 0.2) is 75.8 Å². The van der Waals surface area contributed by atoms with Gasteiger partial charge in [-0.1, -0.05) is 42.1 Å². The average Bonchev–Trinajstić information content (AvgIpc) is 3.42. The lowest BCUT2D eigenvalue weighted by atomic mass is 10.0. The third-order valence-corrected chi connectivity index (χ3v) is 5.58. The Morgan fingerprint density at radius 1 is 1.29 bits per heavy atom. The van der Waals surface area contributed by atoms with E-state index in [4.69, 9.17) is 15.0 Å². The largest absolute Gasteiger partial charge is 0.467 e. The number of rotatable bonds is 7. The minimum absolute atomic E-state index is 0.204. The smallest absolute Gasteiger partial charge is 0.338 e. The van der Waals surface area contributed by atoms with Crippen molar-refractivity contribution in [3.8, 4) is 11.3 Å². The predicted octanol–water partition coefficient (Wildman–Crippen LogP) is 2.82. The number of imidazole rings is 1. The van der Waals surface area contributed by atoms with Crippen LogP contribution in [0.4, 0.5) is 4.79 Å². The molecule has 0 saturated heterocycles. The van der Waals surface area contributed by atoms with Crippen molar-refractivity contribution in [2.75, 3.05) is 18.2 Å². The molecule has 3 aromatic rings. The van der Waals surface area contributed by atoms with Crippen LogP contribution in [0, 0.1) is 0 Å². The van der Waals surface area contributed by atoms with Crippen LogP contribution >= 0.6 is 11.8 Å². The van der Waals surface area contributed by atoms with Crippen molar-refractivity contribution in [1.82, 2.24) is 20.3 Å². The number of hydrogen-bond donors (Lipinski definition) is 3. The average molecular weight is 439 g/mol. The highest BCUT2D eigenvalue weighted by molar-refractivity contribution is 7.99. The molecule has 3 heterocycles. The van der Waals surface area contributed by atoms with Crippen molar-refractivity contribution in [1.29, 1.82) is 0 Å². The van der Waals surface area contributed by atoms with Crippen LogP contribution in [0.5, 0.6) is 0 Å². The van der Waals surface area contributed by atoms with Gasteiger partial charge in [0, 0.05) is 17.0 Å². The lowest BCUT2D eigenvalue weighted by Crippen LogP contribution is -2.46. The van der Waals surface area contributed by atoms with E-state index in [1.54, 1.807) is 25.3 Å². The van der Waals surface area contributed by atoms with E-state index in [9.17, 15) is 9.59 Å². The standard InChI is InChI=1S/C21H21N5O4S/c1-2-29-19(27)17-15(23-20(28)25-18(17)16-9-6-10-30-16)12-31-21-24-14(11-26(21)22)13-7-4-3-5-8-13/h3-11,18H,2,12,22H2,1H3,(H2,23,25,28). The van der Waals surface area contributed by atoms with Gasteiger partial charge in [-0.25, -0.2) is 19.2 Å². The lowest BCUT2D eigenvalue weighted by Gasteiger charge is -2.27. The van der Waals surface area contributed by atoms with Crippen LogP contribution in [0.1, 0.15) is 18.7 Å². The Morgan fingerprint density at radius 2 is 2.10 bits per heavy atom. The summed E-state index contributed by atoms with van der Waals surface area (Å²) in [5.74, 6) is 6.23. The van der Waals surface area contributed by atoms with E-state index in [1.807, 2.05) is 30.3 Å². The number of amides is 2. The lowest BCUT2D eigenvalue weighted by molar-refractivity contribution is -0.139. The molecular weight excluding hydrogens is 418 g/mol. The van der Waals surface area contributed by atoms with Crippen molar-refractivity contribution in [3.63, 3.8) is 0 Å². The zero-order chi connectivity index (χ0) is 21.8. The van der Waals surface area contributed by atoms with Gasteiger partial charge in [0.05, 0.1) is 30.3 Å². The molecule has 4 rings (SSSR count). The van der Waals surface area contributed by atoms with Gasteiger partial charge in [0.25, 0.3) is 0 Å². The van der Waals surface area contributed by atoms with Gasteiger partial charge in [-0.15, -0.1) is 0 Å². The minimum atomic E-state index is -0.754. The molecule has 1 aromatic carbocycles. The number of aromatic nitrogens is 2. The van der Waals surface area contributed by atoms with E-state index >= 15 is 0 Å². The zero-order valence-corrected chi connectivity index (χ0v) is 17.5. The molecule has 0 spiro atoms. The van der Waals surface area contributed by atoms with E-state index in [1.165, 1.54) is 22.7 Å². The first-order chi connectivity index (χ1) is 15.1. The van der Waals surface area contributed by atoms with Crippen LogP contribution in [0.25, 0.3) is 11.3 Å². The fraction of sp³-hybridized carbons (Fsp3) is 0.190. The Morgan fingerprint density at radius 3 is 2.81 bits per heavy atom. The van der Waals surface area contributed by atoms with Gasteiger partial charge in [0.1, 0.15) is 11.8 Å². The van der Waals surface area contributed by atoms with Crippen LogP contribution in [0.2, 0.25) is 0 Å². The van der Waals surface area contributed by atoms with Crippen molar-refractivity contribution >= 4 is 23.8 Å². The van der Waals surface area contributed by atoms with Gasteiger partial charge in [0.15, 0.2) is 5.16 Å². The van der Waals surface area contributed by atoms with E-state index in [0.29, 0.717) is 16.6 Å². The SMILES string of the molecule is CCOC(=O)C1=C(CSc2nc(-c3ccccc3)cn2N)NC(=O)NC1c1ccco1. The fourth-order valence-electron chi connectivity index (χ4n) is 3.22. The number of nitrogen functional groups attached to an aromatic ring is 1. The number of thioether (sulfide) groups is 1. The third kappa shape index (κ3) is 4.43. The molecule has 1 unspecified atom stereocenters. The van der Waals surface area contributed by atoms with Gasteiger partial charge < -0.3 is 25.6 Å². The van der Waals surface area contributed by atoms with Crippen LogP contribution in [-0.2, 0) is 9.53 Å². The van der Waals surface area contributed by atoms with Gasteiger partial charge in [0.2, 0.25) is 0 Å². The normalized spacial score (nSPS) is 16.0. The number of nitrogens with zero attached hydrogens (tertiary/aromatic N) is 2. The summed E-state index contributed by atoms with van der Waals surface area (Å²) in [5, 5.41) is 5.97. The van der Waals surface area contributed by atoms with Gasteiger partial charge in [-0.2, -0.15) is 0 Å². The Balaban J connectivity index is 1.63. The second-order valence-corrected chi connectivity index (χ2v) is 7.57. The predicted molar refractivity (Wildman–Crippen MR) is 115 cm³/mol. The number of ether oxygens (including phenoxy) is 1. The van der Waals surface area contributed by atoms with E-state index in [2.05, 4.69) is 15.6 Å². The first-order valence-corrected chi connectivity index (χ1v) is 10.6. The van der Waals surface area contributed by atoms with Crippen molar-refractivity contribution in [3.05, 3.63) is 72.0 Å². The van der Waals surface area contributed by atoms with Crippen LogP contribution in [0.3, 0.4) is 0 Å². The Kier molecular flexibility index (Phi) is 5.99. The van der Waals surface area contributed by atoms with Crippen LogP contribution in [-0.4, -0.2) is 34.0 Å².